The Morgan fingerprint density at radius 1 is 1.00 bits per heavy atom. The van der Waals surface area contributed by atoms with Crippen LogP contribution in [0.4, 0.5) is 5.95 Å². The van der Waals surface area contributed by atoms with Gasteiger partial charge in [-0.3, -0.25) is 0 Å². The molecule has 1 aromatic heterocycles. The molecule has 9 heteroatoms. The maximum atomic E-state index is 13.4. The summed E-state index contributed by atoms with van der Waals surface area (Å²) in [6, 6.07) is 13.4. The van der Waals surface area contributed by atoms with E-state index in [-0.39, 0.29) is 10.8 Å². The molecule has 0 radical (unpaired) electrons. The van der Waals surface area contributed by atoms with Gasteiger partial charge in [0.2, 0.25) is 16.0 Å². The fourth-order valence-electron chi connectivity index (χ4n) is 3.84. The normalized spacial score (nSPS) is 16.9. The summed E-state index contributed by atoms with van der Waals surface area (Å²) >= 11 is 0. The van der Waals surface area contributed by atoms with Crippen molar-refractivity contribution in [3.05, 3.63) is 60.4 Å². The summed E-state index contributed by atoms with van der Waals surface area (Å²) < 4.78 is 38.7. The van der Waals surface area contributed by atoms with Crippen LogP contribution in [0.15, 0.2) is 59.6 Å². The van der Waals surface area contributed by atoms with E-state index in [0.717, 1.165) is 23.3 Å². The van der Waals surface area contributed by atoms with Gasteiger partial charge in [0.25, 0.3) is 0 Å². The van der Waals surface area contributed by atoms with Gasteiger partial charge in [-0.05, 0) is 54.8 Å². The number of hydrogen-bond donors (Lipinski definition) is 1. The van der Waals surface area contributed by atoms with Crippen molar-refractivity contribution in [3.8, 4) is 22.6 Å². The van der Waals surface area contributed by atoms with Crippen molar-refractivity contribution in [2.45, 2.75) is 23.8 Å². The van der Waals surface area contributed by atoms with Gasteiger partial charge < -0.3 is 15.2 Å². The molecular formula is C22H24N4O4S. The van der Waals surface area contributed by atoms with Crippen LogP contribution in [0, 0.1) is 0 Å². The molecule has 0 amide bonds. The second-order valence-corrected chi connectivity index (χ2v) is 9.10. The molecule has 4 rings (SSSR count). The SMILES string of the molecule is COc1ccc(-c2cnc(N)nc2[C@@H]2CCCN2S(=O)(=O)c2ccc(OC)cc2)cc1. The first-order valence-electron chi connectivity index (χ1n) is 9.87. The molecule has 1 fully saturated rings. The third-order valence-corrected chi connectivity index (χ3v) is 7.35. The average molecular weight is 441 g/mol. The summed E-state index contributed by atoms with van der Waals surface area (Å²) in [5.74, 6) is 1.44. The van der Waals surface area contributed by atoms with E-state index in [9.17, 15) is 8.42 Å². The van der Waals surface area contributed by atoms with Gasteiger partial charge in [0.1, 0.15) is 11.5 Å². The summed E-state index contributed by atoms with van der Waals surface area (Å²) in [7, 11) is -0.581. The third-order valence-electron chi connectivity index (χ3n) is 5.42. The number of nitrogens with two attached hydrogens (primary N) is 1. The maximum absolute atomic E-state index is 13.4. The molecule has 2 N–H and O–H groups in total. The molecule has 2 aromatic carbocycles. The molecule has 3 aromatic rings. The van der Waals surface area contributed by atoms with Crippen LogP contribution >= 0.6 is 0 Å². The predicted octanol–water partition coefficient (Wildman–Crippen LogP) is 3.27. The number of aromatic nitrogens is 2. The highest BCUT2D eigenvalue weighted by atomic mass is 32.2. The molecule has 1 aliphatic rings. The van der Waals surface area contributed by atoms with Crippen LogP contribution in [0.3, 0.4) is 0 Å². The number of rotatable bonds is 6. The minimum atomic E-state index is -3.73. The largest absolute Gasteiger partial charge is 0.497 e. The van der Waals surface area contributed by atoms with Crippen LogP contribution in [0.5, 0.6) is 11.5 Å². The second kappa shape index (κ2) is 8.52. The van der Waals surface area contributed by atoms with Crippen molar-refractivity contribution in [3.63, 3.8) is 0 Å². The standard InChI is InChI=1S/C22H24N4O4S/c1-29-16-7-5-15(6-8-16)19-14-24-22(23)25-21(19)20-4-3-13-26(20)31(27,28)18-11-9-17(30-2)10-12-18/h5-12,14,20H,3-4,13H2,1-2H3,(H2,23,24,25)/t20-/m0/s1. The number of methoxy groups -OCH3 is 2. The zero-order valence-corrected chi connectivity index (χ0v) is 18.2. The molecular weight excluding hydrogens is 416 g/mol. The number of nitrogens with zero attached hydrogens (tertiary/aromatic N) is 3. The number of hydrogen-bond acceptors (Lipinski definition) is 7. The van der Waals surface area contributed by atoms with Gasteiger partial charge >= 0.3 is 0 Å². The quantitative estimate of drug-likeness (QED) is 0.627. The molecule has 0 bridgehead atoms. The second-order valence-electron chi connectivity index (χ2n) is 7.20. The molecule has 1 saturated heterocycles. The molecule has 162 valence electrons. The Morgan fingerprint density at radius 3 is 2.23 bits per heavy atom. The first-order valence-corrected chi connectivity index (χ1v) is 11.3. The predicted molar refractivity (Wildman–Crippen MR) is 117 cm³/mol. The third kappa shape index (κ3) is 4.06. The molecule has 0 aliphatic carbocycles. The first-order chi connectivity index (χ1) is 14.9. The topological polar surface area (TPSA) is 108 Å². The Kier molecular flexibility index (Phi) is 5.79. The highest BCUT2D eigenvalue weighted by molar-refractivity contribution is 7.89. The van der Waals surface area contributed by atoms with Crippen molar-refractivity contribution in [2.24, 2.45) is 0 Å². The number of anilines is 1. The number of ether oxygens (including phenoxy) is 2. The monoisotopic (exact) mass is 440 g/mol. The average Bonchev–Trinajstić information content (AvgIpc) is 3.30. The van der Waals surface area contributed by atoms with Crippen molar-refractivity contribution in [1.82, 2.24) is 14.3 Å². The number of nitrogen functional groups attached to an aromatic ring is 1. The van der Waals surface area contributed by atoms with E-state index in [0.29, 0.717) is 24.4 Å². The van der Waals surface area contributed by atoms with Crippen LogP contribution in [0.25, 0.3) is 11.1 Å². The number of benzene rings is 2. The van der Waals surface area contributed by atoms with Gasteiger partial charge in [-0.15, -0.1) is 0 Å². The molecule has 31 heavy (non-hydrogen) atoms. The van der Waals surface area contributed by atoms with E-state index in [1.54, 1.807) is 44.7 Å². The van der Waals surface area contributed by atoms with Crippen LogP contribution in [0.2, 0.25) is 0 Å². The minimum Gasteiger partial charge on any atom is -0.497 e. The molecule has 0 unspecified atom stereocenters. The van der Waals surface area contributed by atoms with E-state index in [1.165, 1.54) is 4.31 Å². The van der Waals surface area contributed by atoms with Crippen LogP contribution in [0.1, 0.15) is 24.6 Å². The van der Waals surface area contributed by atoms with Crippen LogP contribution < -0.4 is 15.2 Å². The lowest BCUT2D eigenvalue weighted by Gasteiger charge is -2.25. The van der Waals surface area contributed by atoms with Gasteiger partial charge in [-0.25, -0.2) is 18.4 Å². The number of sulfonamides is 1. The molecule has 1 atom stereocenters. The molecule has 2 heterocycles. The molecule has 1 aliphatic heterocycles. The van der Waals surface area contributed by atoms with E-state index in [1.807, 2.05) is 24.3 Å². The lowest BCUT2D eigenvalue weighted by Crippen LogP contribution is -2.31. The lowest BCUT2D eigenvalue weighted by atomic mass is 10.0. The molecule has 8 nitrogen and oxygen atoms in total. The zero-order valence-electron chi connectivity index (χ0n) is 17.4. The van der Waals surface area contributed by atoms with Crippen LogP contribution in [-0.2, 0) is 10.0 Å². The summed E-state index contributed by atoms with van der Waals surface area (Å²) in [5, 5.41) is 0. The van der Waals surface area contributed by atoms with E-state index >= 15 is 0 Å². The first kappa shape index (κ1) is 21.1. The summed E-state index contributed by atoms with van der Waals surface area (Å²) in [5.41, 5.74) is 8.11. The van der Waals surface area contributed by atoms with E-state index in [2.05, 4.69) is 9.97 Å². The van der Waals surface area contributed by atoms with Gasteiger partial charge in [-0.2, -0.15) is 4.31 Å². The summed E-state index contributed by atoms with van der Waals surface area (Å²) in [4.78, 5) is 8.83. The summed E-state index contributed by atoms with van der Waals surface area (Å²) in [6.45, 7) is 0.408. The van der Waals surface area contributed by atoms with Gasteiger partial charge in [0.05, 0.1) is 30.9 Å². The Bertz CT molecular complexity index is 1170. The van der Waals surface area contributed by atoms with Gasteiger partial charge in [-0.1, -0.05) is 12.1 Å². The zero-order chi connectivity index (χ0) is 22.0. The molecule has 0 spiro atoms. The lowest BCUT2D eigenvalue weighted by molar-refractivity contribution is 0.390. The Balaban J connectivity index is 1.75. The van der Waals surface area contributed by atoms with Crippen molar-refractivity contribution in [1.29, 1.82) is 0 Å². The van der Waals surface area contributed by atoms with Crippen molar-refractivity contribution >= 4 is 16.0 Å². The Hall–Kier alpha value is -3.17. The van der Waals surface area contributed by atoms with Crippen molar-refractivity contribution in [2.75, 3.05) is 26.5 Å². The highest BCUT2D eigenvalue weighted by Crippen LogP contribution is 2.40. The highest BCUT2D eigenvalue weighted by Gasteiger charge is 2.38. The van der Waals surface area contributed by atoms with E-state index in [4.69, 9.17) is 15.2 Å². The Labute approximate surface area is 181 Å². The summed E-state index contributed by atoms with van der Waals surface area (Å²) in [6.07, 6.45) is 3.02. The minimum absolute atomic E-state index is 0.112. The molecule has 0 saturated carbocycles. The van der Waals surface area contributed by atoms with Gasteiger partial charge in [0.15, 0.2) is 0 Å². The van der Waals surface area contributed by atoms with E-state index < -0.39 is 16.1 Å². The van der Waals surface area contributed by atoms with Crippen LogP contribution in [-0.4, -0.2) is 43.5 Å². The Morgan fingerprint density at radius 2 is 1.61 bits per heavy atom. The van der Waals surface area contributed by atoms with Gasteiger partial charge in [0, 0.05) is 18.3 Å². The van der Waals surface area contributed by atoms with Crippen molar-refractivity contribution < 1.29 is 17.9 Å². The fraction of sp³-hybridized carbons (Fsp3) is 0.273. The fourth-order valence-corrected chi connectivity index (χ4v) is 5.50. The smallest absolute Gasteiger partial charge is 0.243 e. The maximum Gasteiger partial charge on any atom is 0.243 e.